The lowest BCUT2D eigenvalue weighted by Crippen LogP contribution is -2.28. The summed E-state index contributed by atoms with van der Waals surface area (Å²) in [5.41, 5.74) is 3.41. The van der Waals surface area contributed by atoms with E-state index in [1.165, 1.54) is 12.0 Å². The standard InChI is InChI=1S/C23H23BrN2O6/c1-13-9-19(14(2)8-18(13)24)25-20(27)12-32-23(30)16-10-21(28)26(11-16)17-6-4-15(5-7-17)22(29)31-3/h4-9,16H,10-12H2,1-3H3,(H,25,27)/t16-/m1/s1. The number of carbonyl (C=O) groups excluding carboxylic acids is 4. The van der Waals surface area contributed by atoms with Gasteiger partial charge in [0.25, 0.3) is 5.91 Å². The predicted octanol–water partition coefficient (Wildman–Crippen LogP) is 3.39. The van der Waals surface area contributed by atoms with Crippen LogP contribution >= 0.6 is 15.9 Å². The molecule has 8 nitrogen and oxygen atoms in total. The number of esters is 2. The average Bonchev–Trinajstić information content (AvgIpc) is 3.17. The predicted molar refractivity (Wildman–Crippen MR) is 121 cm³/mol. The SMILES string of the molecule is COC(=O)c1ccc(N2C[C@H](C(=O)OCC(=O)Nc3cc(C)c(Br)cc3C)CC2=O)cc1. The second-order valence-electron chi connectivity index (χ2n) is 7.52. The normalized spacial score (nSPS) is 15.4. The van der Waals surface area contributed by atoms with E-state index >= 15 is 0 Å². The number of methoxy groups -OCH3 is 1. The maximum atomic E-state index is 12.4. The second-order valence-corrected chi connectivity index (χ2v) is 8.37. The van der Waals surface area contributed by atoms with Gasteiger partial charge in [-0.1, -0.05) is 15.9 Å². The molecule has 1 atom stereocenters. The molecule has 1 aliphatic rings. The minimum atomic E-state index is -0.674. The van der Waals surface area contributed by atoms with Gasteiger partial charge < -0.3 is 19.7 Å². The molecule has 0 bridgehead atoms. The van der Waals surface area contributed by atoms with Crippen molar-refractivity contribution >= 4 is 51.1 Å². The molecule has 9 heteroatoms. The number of aryl methyl sites for hydroxylation is 2. The number of carbonyl (C=O) groups is 4. The maximum Gasteiger partial charge on any atom is 0.337 e. The third-order valence-electron chi connectivity index (χ3n) is 5.18. The van der Waals surface area contributed by atoms with Crippen molar-refractivity contribution in [2.75, 3.05) is 30.5 Å². The van der Waals surface area contributed by atoms with Gasteiger partial charge in [-0.05, 0) is 61.4 Å². The highest BCUT2D eigenvalue weighted by Crippen LogP contribution is 2.27. The summed E-state index contributed by atoms with van der Waals surface area (Å²) in [4.78, 5) is 50.0. The fourth-order valence-electron chi connectivity index (χ4n) is 3.37. The zero-order valence-corrected chi connectivity index (χ0v) is 19.5. The van der Waals surface area contributed by atoms with Crippen LogP contribution in [0.3, 0.4) is 0 Å². The Labute approximate surface area is 194 Å². The Morgan fingerprint density at radius 1 is 1.12 bits per heavy atom. The molecule has 3 rings (SSSR count). The van der Waals surface area contributed by atoms with Gasteiger partial charge in [0, 0.05) is 28.8 Å². The molecule has 0 aromatic heterocycles. The molecule has 2 aromatic carbocycles. The number of nitrogens with zero attached hydrogens (tertiary/aromatic N) is 1. The highest BCUT2D eigenvalue weighted by molar-refractivity contribution is 9.10. The van der Waals surface area contributed by atoms with Gasteiger partial charge in [-0.2, -0.15) is 0 Å². The van der Waals surface area contributed by atoms with E-state index in [9.17, 15) is 19.2 Å². The van der Waals surface area contributed by atoms with Crippen molar-refractivity contribution < 1.29 is 28.7 Å². The molecule has 2 amide bonds. The van der Waals surface area contributed by atoms with Crippen LogP contribution in [0.15, 0.2) is 40.9 Å². The minimum absolute atomic E-state index is 0.00970. The number of hydrogen-bond acceptors (Lipinski definition) is 6. The monoisotopic (exact) mass is 502 g/mol. The van der Waals surface area contributed by atoms with Crippen molar-refractivity contribution in [3.8, 4) is 0 Å². The smallest absolute Gasteiger partial charge is 0.337 e. The number of halogens is 1. The maximum absolute atomic E-state index is 12.4. The third-order valence-corrected chi connectivity index (χ3v) is 6.04. The van der Waals surface area contributed by atoms with Crippen molar-refractivity contribution in [2.45, 2.75) is 20.3 Å². The summed E-state index contributed by atoms with van der Waals surface area (Å²) in [6.07, 6.45) is -0.00970. The summed E-state index contributed by atoms with van der Waals surface area (Å²) in [6.45, 7) is 3.47. The van der Waals surface area contributed by atoms with E-state index < -0.39 is 30.4 Å². The van der Waals surface area contributed by atoms with Crippen molar-refractivity contribution in [2.24, 2.45) is 5.92 Å². The lowest BCUT2D eigenvalue weighted by molar-refractivity contribution is -0.151. The molecule has 168 valence electrons. The Morgan fingerprint density at radius 3 is 2.47 bits per heavy atom. The molecule has 0 unspecified atom stereocenters. The van der Waals surface area contributed by atoms with Crippen molar-refractivity contribution in [3.63, 3.8) is 0 Å². The van der Waals surface area contributed by atoms with E-state index in [-0.39, 0.29) is 18.9 Å². The van der Waals surface area contributed by atoms with Gasteiger partial charge in [-0.25, -0.2) is 4.79 Å². The van der Waals surface area contributed by atoms with E-state index in [4.69, 9.17) is 4.74 Å². The molecule has 1 saturated heterocycles. The summed E-state index contributed by atoms with van der Waals surface area (Å²) < 4.78 is 10.7. The molecule has 2 aromatic rings. The topological polar surface area (TPSA) is 102 Å². The Hall–Kier alpha value is -3.20. The number of nitrogens with one attached hydrogen (secondary N) is 1. The average molecular weight is 503 g/mol. The highest BCUT2D eigenvalue weighted by atomic mass is 79.9. The van der Waals surface area contributed by atoms with Gasteiger partial charge in [-0.15, -0.1) is 0 Å². The van der Waals surface area contributed by atoms with E-state index in [1.54, 1.807) is 24.3 Å². The van der Waals surface area contributed by atoms with Crippen LogP contribution in [0, 0.1) is 19.8 Å². The fraction of sp³-hybridized carbons (Fsp3) is 0.304. The van der Waals surface area contributed by atoms with Crippen molar-refractivity contribution in [1.82, 2.24) is 0 Å². The zero-order valence-electron chi connectivity index (χ0n) is 17.9. The zero-order chi connectivity index (χ0) is 23.4. The van der Waals surface area contributed by atoms with Gasteiger partial charge in [0.2, 0.25) is 5.91 Å². The Balaban J connectivity index is 1.55. The highest BCUT2D eigenvalue weighted by Gasteiger charge is 2.36. The first kappa shape index (κ1) is 23.5. The van der Waals surface area contributed by atoms with Crippen molar-refractivity contribution in [1.29, 1.82) is 0 Å². The van der Waals surface area contributed by atoms with Gasteiger partial charge in [0.1, 0.15) is 0 Å². The lowest BCUT2D eigenvalue weighted by Gasteiger charge is -2.17. The lowest BCUT2D eigenvalue weighted by atomic mass is 10.1. The van der Waals surface area contributed by atoms with Crippen LogP contribution in [0.4, 0.5) is 11.4 Å². The number of hydrogen-bond donors (Lipinski definition) is 1. The summed E-state index contributed by atoms with van der Waals surface area (Å²) in [6, 6.07) is 10.1. The van der Waals surface area contributed by atoms with E-state index in [0.717, 1.165) is 15.6 Å². The van der Waals surface area contributed by atoms with Crippen LogP contribution in [0.5, 0.6) is 0 Å². The van der Waals surface area contributed by atoms with Gasteiger partial charge in [0.05, 0.1) is 18.6 Å². The summed E-state index contributed by atoms with van der Waals surface area (Å²) >= 11 is 3.44. The van der Waals surface area contributed by atoms with E-state index in [0.29, 0.717) is 16.9 Å². The van der Waals surface area contributed by atoms with E-state index in [1.807, 2.05) is 26.0 Å². The summed E-state index contributed by atoms with van der Waals surface area (Å²) in [5, 5.41) is 2.73. The summed E-state index contributed by atoms with van der Waals surface area (Å²) in [5.74, 6) is -2.44. The largest absolute Gasteiger partial charge is 0.465 e. The summed E-state index contributed by atoms with van der Waals surface area (Å²) in [7, 11) is 1.29. The second kappa shape index (κ2) is 9.95. The molecule has 0 radical (unpaired) electrons. The van der Waals surface area contributed by atoms with Crippen LogP contribution in [-0.4, -0.2) is 44.0 Å². The quantitative estimate of drug-likeness (QED) is 0.607. The number of anilines is 2. The number of amides is 2. The van der Waals surface area contributed by atoms with Crippen LogP contribution < -0.4 is 10.2 Å². The van der Waals surface area contributed by atoms with Crippen molar-refractivity contribution in [3.05, 3.63) is 57.6 Å². The molecule has 1 fully saturated rings. The van der Waals surface area contributed by atoms with Gasteiger partial charge >= 0.3 is 11.9 Å². The molecular formula is C23H23BrN2O6. The van der Waals surface area contributed by atoms with E-state index in [2.05, 4.69) is 26.0 Å². The molecule has 0 saturated carbocycles. The minimum Gasteiger partial charge on any atom is -0.465 e. The van der Waals surface area contributed by atoms with Gasteiger partial charge in [0.15, 0.2) is 6.61 Å². The first-order valence-corrected chi connectivity index (χ1v) is 10.7. The Kier molecular flexibility index (Phi) is 7.29. The van der Waals surface area contributed by atoms with Gasteiger partial charge in [-0.3, -0.25) is 14.4 Å². The number of ether oxygens (including phenoxy) is 2. The van der Waals surface area contributed by atoms with Crippen LogP contribution in [-0.2, 0) is 23.9 Å². The molecule has 1 N–H and O–H groups in total. The fourth-order valence-corrected chi connectivity index (χ4v) is 3.82. The Morgan fingerprint density at radius 2 is 1.81 bits per heavy atom. The first-order chi connectivity index (χ1) is 15.2. The third kappa shape index (κ3) is 5.34. The first-order valence-electron chi connectivity index (χ1n) is 9.91. The molecule has 0 spiro atoms. The molecule has 32 heavy (non-hydrogen) atoms. The Bertz CT molecular complexity index is 1070. The molecular weight excluding hydrogens is 480 g/mol. The number of rotatable bonds is 6. The number of benzene rings is 2. The van der Waals surface area contributed by atoms with Crippen LogP contribution in [0.1, 0.15) is 27.9 Å². The molecule has 1 aliphatic heterocycles. The van der Waals surface area contributed by atoms with Crippen LogP contribution in [0.2, 0.25) is 0 Å². The molecule has 1 heterocycles. The van der Waals surface area contributed by atoms with Crippen LogP contribution in [0.25, 0.3) is 0 Å². The molecule has 0 aliphatic carbocycles.